The van der Waals surface area contributed by atoms with E-state index in [1.807, 2.05) is 11.9 Å². The summed E-state index contributed by atoms with van der Waals surface area (Å²) in [5.74, 6) is 0.464. The molecule has 1 aromatic heterocycles. The fraction of sp³-hybridized carbons (Fsp3) is 0.500. The van der Waals surface area contributed by atoms with Crippen LogP contribution >= 0.6 is 22.9 Å². The van der Waals surface area contributed by atoms with E-state index in [2.05, 4.69) is 4.98 Å². The summed E-state index contributed by atoms with van der Waals surface area (Å²) in [5, 5.41) is 7.83. The van der Waals surface area contributed by atoms with Crippen molar-refractivity contribution >= 4 is 28.9 Å². The van der Waals surface area contributed by atoms with Gasteiger partial charge in [0.15, 0.2) is 10.4 Å². The normalized spacial score (nSPS) is 17.3. The first-order chi connectivity index (χ1) is 7.16. The maximum absolute atomic E-state index is 7.83. The van der Waals surface area contributed by atoms with Crippen molar-refractivity contribution < 1.29 is 4.74 Å². The van der Waals surface area contributed by atoms with E-state index in [-0.39, 0.29) is 0 Å². The van der Waals surface area contributed by atoms with Gasteiger partial charge in [0.25, 0.3) is 0 Å². The Morgan fingerprint density at radius 3 is 3.13 bits per heavy atom. The number of rotatable bonds is 2. The first kappa shape index (κ1) is 10.7. The highest BCUT2D eigenvalue weighted by molar-refractivity contribution is 7.15. The highest BCUT2D eigenvalue weighted by atomic mass is 35.5. The molecule has 1 N–H and O–H groups in total. The third-order valence-corrected chi connectivity index (χ3v) is 3.16. The van der Waals surface area contributed by atoms with Gasteiger partial charge in [0.2, 0.25) is 0 Å². The van der Waals surface area contributed by atoms with Gasteiger partial charge in [-0.05, 0) is 0 Å². The summed E-state index contributed by atoms with van der Waals surface area (Å²) in [7, 11) is 1.83. The zero-order valence-corrected chi connectivity index (χ0v) is 9.81. The lowest BCUT2D eigenvalue weighted by Crippen LogP contribution is -2.48. The number of halogens is 1. The van der Waals surface area contributed by atoms with Gasteiger partial charge in [0.05, 0.1) is 6.54 Å². The number of guanidine groups is 1. The Balaban J connectivity index is 2.02. The van der Waals surface area contributed by atoms with Crippen molar-refractivity contribution in [3.63, 3.8) is 0 Å². The minimum Gasteiger partial charge on any atom is -0.341 e. The Kier molecular flexibility index (Phi) is 3.08. The highest BCUT2D eigenvalue weighted by Gasteiger charge is 2.20. The van der Waals surface area contributed by atoms with E-state index in [0.717, 1.165) is 4.88 Å². The van der Waals surface area contributed by atoms with Gasteiger partial charge in [0, 0.05) is 18.1 Å². The highest BCUT2D eigenvalue weighted by Crippen LogP contribution is 2.20. The number of nitrogens with zero attached hydrogens (tertiary/aromatic N) is 3. The first-order valence-electron chi connectivity index (χ1n) is 4.39. The molecule has 1 saturated heterocycles. The van der Waals surface area contributed by atoms with Crippen LogP contribution in [0.3, 0.4) is 0 Å². The number of thiazole rings is 1. The SMILES string of the molecule is CN1COCN(Cc2cnc(Cl)s2)C1=N. The zero-order valence-electron chi connectivity index (χ0n) is 8.23. The second-order valence-electron chi connectivity index (χ2n) is 3.26. The second-order valence-corrected chi connectivity index (χ2v) is 4.96. The molecule has 0 bridgehead atoms. The van der Waals surface area contributed by atoms with Crippen LogP contribution in [0.15, 0.2) is 6.20 Å². The summed E-state index contributed by atoms with van der Waals surface area (Å²) in [6, 6.07) is 0. The van der Waals surface area contributed by atoms with Crippen molar-refractivity contribution in [3.05, 3.63) is 15.5 Å². The van der Waals surface area contributed by atoms with E-state index in [0.29, 0.717) is 30.4 Å². The molecule has 0 aromatic carbocycles. The number of hydrogen-bond acceptors (Lipinski definition) is 4. The van der Waals surface area contributed by atoms with Gasteiger partial charge in [-0.15, -0.1) is 11.3 Å². The van der Waals surface area contributed by atoms with Gasteiger partial charge in [0.1, 0.15) is 13.5 Å². The standard InChI is InChI=1S/C8H11ClN4OS/c1-12-4-14-5-13(8(12)10)3-6-2-11-7(9)15-6/h2,10H,3-5H2,1H3. The van der Waals surface area contributed by atoms with Gasteiger partial charge in [-0.25, -0.2) is 4.98 Å². The number of aromatic nitrogens is 1. The van der Waals surface area contributed by atoms with E-state index in [1.165, 1.54) is 11.3 Å². The van der Waals surface area contributed by atoms with Gasteiger partial charge < -0.3 is 14.5 Å². The van der Waals surface area contributed by atoms with Crippen LogP contribution in [0.1, 0.15) is 4.88 Å². The van der Waals surface area contributed by atoms with Crippen molar-refractivity contribution in [2.75, 3.05) is 20.5 Å². The van der Waals surface area contributed by atoms with E-state index in [9.17, 15) is 0 Å². The van der Waals surface area contributed by atoms with Crippen LogP contribution in [-0.2, 0) is 11.3 Å². The molecule has 1 aliphatic heterocycles. The minimum absolute atomic E-state index is 0.443. The van der Waals surface area contributed by atoms with E-state index in [1.54, 1.807) is 11.1 Å². The molecule has 0 atom stereocenters. The molecule has 0 unspecified atom stereocenters. The Hall–Kier alpha value is -0.850. The molecule has 82 valence electrons. The van der Waals surface area contributed by atoms with Crippen molar-refractivity contribution in [1.29, 1.82) is 5.41 Å². The molecule has 7 heteroatoms. The third-order valence-electron chi connectivity index (χ3n) is 2.07. The molecule has 1 aromatic rings. The fourth-order valence-corrected chi connectivity index (χ4v) is 2.31. The lowest BCUT2D eigenvalue weighted by Gasteiger charge is -2.35. The summed E-state index contributed by atoms with van der Waals surface area (Å²) in [6.07, 6.45) is 1.73. The molecule has 5 nitrogen and oxygen atoms in total. The topological polar surface area (TPSA) is 52.5 Å². The molecular formula is C8H11ClN4OS. The van der Waals surface area contributed by atoms with E-state index in [4.69, 9.17) is 21.7 Å². The maximum atomic E-state index is 7.83. The summed E-state index contributed by atoms with van der Waals surface area (Å²) in [5.41, 5.74) is 0. The summed E-state index contributed by atoms with van der Waals surface area (Å²) >= 11 is 7.16. The number of ether oxygens (including phenoxy) is 1. The third kappa shape index (κ3) is 2.39. The van der Waals surface area contributed by atoms with Crippen LogP contribution in [0.25, 0.3) is 0 Å². The first-order valence-corrected chi connectivity index (χ1v) is 5.59. The van der Waals surface area contributed by atoms with Crippen LogP contribution in [0.2, 0.25) is 4.47 Å². The number of nitrogens with one attached hydrogen (secondary N) is 1. The maximum Gasteiger partial charge on any atom is 0.197 e. The van der Waals surface area contributed by atoms with Crippen molar-refractivity contribution in [1.82, 2.24) is 14.8 Å². The molecule has 1 fully saturated rings. The molecule has 2 heterocycles. The Bertz CT molecular complexity index is 369. The largest absolute Gasteiger partial charge is 0.341 e. The van der Waals surface area contributed by atoms with Crippen LogP contribution in [0.5, 0.6) is 0 Å². The summed E-state index contributed by atoms with van der Waals surface area (Å²) in [4.78, 5) is 8.56. The fourth-order valence-electron chi connectivity index (χ4n) is 1.32. The van der Waals surface area contributed by atoms with Gasteiger partial charge in [-0.3, -0.25) is 5.41 Å². The van der Waals surface area contributed by atoms with Gasteiger partial charge in [-0.1, -0.05) is 11.6 Å². The van der Waals surface area contributed by atoms with E-state index < -0.39 is 0 Å². The van der Waals surface area contributed by atoms with Crippen molar-refractivity contribution in [3.8, 4) is 0 Å². The predicted octanol–water partition coefficient (Wildman–Crippen LogP) is 1.41. The average Bonchev–Trinajstić information content (AvgIpc) is 2.59. The van der Waals surface area contributed by atoms with E-state index >= 15 is 0 Å². The molecule has 0 radical (unpaired) electrons. The van der Waals surface area contributed by atoms with Crippen molar-refractivity contribution in [2.24, 2.45) is 0 Å². The van der Waals surface area contributed by atoms with Crippen molar-refractivity contribution in [2.45, 2.75) is 6.54 Å². The molecule has 2 rings (SSSR count). The minimum atomic E-state index is 0.443. The molecule has 0 spiro atoms. The van der Waals surface area contributed by atoms with Gasteiger partial charge in [-0.2, -0.15) is 0 Å². The number of hydrogen-bond donors (Lipinski definition) is 1. The Labute approximate surface area is 96.7 Å². The molecule has 0 amide bonds. The smallest absolute Gasteiger partial charge is 0.197 e. The van der Waals surface area contributed by atoms with Crippen LogP contribution in [0, 0.1) is 5.41 Å². The lowest BCUT2D eigenvalue weighted by molar-refractivity contribution is -0.0217. The van der Waals surface area contributed by atoms with Crippen LogP contribution in [0.4, 0.5) is 0 Å². The molecular weight excluding hydrogens is 236 g/mol. The average molecular weight is 247 g/mol. The molecule has 15 heavy (non-hydrogen) atoms. The molecule has 0 saturated carbocycles. The van der Waals surface area contributed by atoms with Gasteiger partial charge >= 0.3 is 0 Å². The van der Waals surface area contributed by atoms with Crippen LogP contribution in [-0.4, -0.2) is 41.3 Å². The molecule has 1 aliphatic rings. The second kappa shape index (κ2) is 4.34. The monoisotopic (exact) mass is 246 g/mol. The quantitative estimate of drug-likeness (QED) is 0.857. The van der Waals surface area contributed by atoms with Crippen LogP contribution < -0.4 is 0 Å². The lowest BCUT2D eigenvalue weighted by atomic mass is 10.5. The summed E-state index contributed by atoms with van der Waals surface area (Å²) in [6.45, 7) is 1.53. The zero-order chi connectivity index (χ0) is 10.8. The Morgan fingerprint density at radius 1 is 1.67 bits per heavy atom. The summed E-state index contributed by atoms with van der Waals surface area (Å²) < 4.78 is 5.84. The predicted molar refractivity (Wildman–Crippen MR) is 59.0 cm³/mol. The Morgan fingerprint density at radius 2 is 2.47 bits per heavy atom. The molecule has 0 aliphatic carbocycles.